The van der Waals surface area contributed by atoms with Gasteiger partial charge in [0.1, 0.15) is 0 Å². The van der Waals surface area contributed by atoms with Crippen LogP contribution in [0.4, 0.5) is 5.69 Å². The maximum atomic E-state index is 12.5. The van der Waals surface area contributed by atoms with E-state index in [0.717, 1.165) is 38.3 Å². The third-order valence-corrected chi connectivity index (χ3v) is 6.04. The second-order valence-corrected chi connectivity index (χ2v) is 7.52. The van der Waals surface area contributed by atoms with Crippen LogP contribution in [-0.2, 0) is 14.6 Å². The van der Waals surface area contributed by atoms with Crippen LogP contribution in [0.1, 0.15) is 19.3 Å². The number of anilines is 1. The molecule has 2 N–H and O–H groups in total. The Labute approximate surface area is 151 Å². The number of benzene rings is 1. The molecule has 1 heterocycles. The summed E-state index contributed by atoms with van der Waals surface area (Å²) < 4.78 is 30.1. The standard InChI is InChI=1S/C15H24N2O3S.2ClH/c1-20-12-2-9-17-13-3-5-14(6-4-13)21(18,19)15-7-10-16-11-8-15;;/h3-6,15-17H,2,7-12H2,1H3;2*1H. The lowest BCUT2D eigenvalue weighted by atomic mass is 10.2. The lowest BCUT2D eigenvalue weighted by molar-refractivity contribution is 0.198. The SMILES string of the molecule is COCCCNc1ccc(S(=O)(=O)C2CCNCC2)cc1.Cl.Cl. The first kappa shape index (κ1) is 22.5. The highest BCUT2D eigenvalue weighted by atomic mass is 35.5. The maximum Gasteiger partial charge on any atom is 0.181 e. The van der Waals surface area contributed by atoms with Crippen molar-refractivity contribution < 1.29 is 13.2 Å². The van der Waals surface area contributed by atoms with Crippen molar-refractivity contribution in [3.05, 3.63) is 24.3 Å². The normalized spacial score (nSPS) is 15.3. The van der Waals surface area contributed by atoms with E-state index in [1.54, 1.807) is 19.2 Å². The molecule has 1 aromatic carbocycles. The van der Waals surface area contributed by atoms with Gasteiger partial charge in [-0.1, -0.05) is 0 Å². The third-order valence-electron chi connectivity index (χ3n) is 3.76. The fourth-order valence-corrected chi connectivity index (χ4v) is 4.27. The van der Waals surface area contributed by atoms with Gasteiger partial charge in [0.2, 0.25) is 0 Å². The lowest BCUT2D eigenvalue weighted by Crippen LogP contribution is -2.35. The Bertz CT molecular complexity index is 532. The van der Waals surface area contributed by atoms with Crippen molar-refractivity contribution in [1.82, 2.24) is 5.32 Å². The van der Waals surface area contributed by atoms with Gasteiger partial charge in [0.25, 0.3) is 0 Å². The van der Waals surface area contributed by atoms with Crippen molar-refractivity contribution in [1.29, 1.82) is 0 Å². The lowest BCUT2D eigenvalue weighted by Gasteiger charge is -2.22. The Morgan fingerprint density at radius 3 is 2.35 bits per heavy atom. The van der Waals surface area contributed by atoms with Crippen molar-refractivity contribution in [2.45, 2.75) is 29.4 Å². The molecule has 0 amide bonds. The second kappa shape index (κ2) is 11.1. The van der Waals surface area contributed by atoms with Crippen LogP contribution >= 0.6 is 24.8 Å². The summed E-state index contributed by atoms with van der Waals surface area (Å²) in [6.45, 7) is 3.09. The first-order valence-electron chi connectivity index (χ1n) is 7.42. The molecule has 0 bridgehead atoms. The molecular weight excluding hydrogens is 359 g/mol. The van der Waals surface area contributed by atoms with Gasteiger partial charge in [0.05, 0.1) is 10.1 Å². The molecule has 0 radical (unpaired) electrons. The molecule has 8 heteroatoms. The van der Waals surface area contributed by atoms with Crippen molar-refractivity contribution in [3.63, 3.8) is 0 Å². The molecule has 5 nitrogen and oxygen atoms in total. The van der Waals surface area contributed by atoms with Crippen LogP contribution in [0.5, 0.6) is 0 Å². The quantitative estimate of drug-likeness (QED) is 0.706. The van der Waals surface area contributed by atoms with E-state index in [9.17, 15) is 8.42 Å². The molecule has 1 aliphatic rings. The molecular formula is C15H26Cl2N2O3S. The Morgan fingerprint density at radius 1 is 1.17 bits per heavy atom. The smallest absolute Gasteiger partial charge is 0.181 e. The summed E-state index contributed by atoms with van der Waals surface area (Å²) in [5, 5.41) is 6.20. The largest absolute Gasteiger partial charge is 0.385 e. The van der Waals surface area contributed by atoms with Crippen LogP contribution in [-0.4, -0.2) is 47.0 Å². The molecule has 23 heavy (non-hydrogen) atoms. The van der Waals surface area contributed by atoms with Crippen molar-refractivity contribution >= 4 is 40.3 Å². The zero-order chi connectivity index (χ0) is 15.1. The van der Waals surface area contributed by atoms with Gasteiger partial charge in [-0.15, -0.1) is 24.8 Å². The third kappa shape index (κ3) is 6.47. The van der Waals surface area contributed by atoms with Crippen LogP contribution in [0.25, 0.3) is 0 Å². The number of sulfone groups is 1. The number of halogens is 2. The summed E-state index contributed by atoms with van der Waals surface area (Å²) in [6.07, 6.45) is 2.31. The summed E-state index contributed by atoms with van der Waals surface area (Å²) in [7, 11) is -1.51. The van der Waals surface area contributed by atoms with Crippen LogP contribution in [0, 0.1) is 0 Å². The molecule has 1 fully saturated rings. The van der Waals surface area contributed by atoms with Gasteiger partial charge >= 0.3 is 0 Å². The Kier molecular flexibility index (Phi) is 10.8. The molecule has 0 atom stereocenters. The van der Waals surface area contributed by atoms with Gasteiger partial charge in [-0.05, 0) is 56.6 Å². The molecule has 0 aromatic heterocycles. The minimum atomic E-state index is -3.20. The van der Waals surface area contributed by atoms with E-state index in [2.05, 4.69) is 10.6 Å². The summed E-state index contributed by atoms with van der Waals surface area (Å²) in [4.78, 5) is 0.428. The number of methoxy groups -OCH3 is 1. The second-order valence-electron chi connectivity index (χ2n) is 5.29. The van der Waals surface area contributed by atoms with E-state index < -0.39 is 9.84 Å². The molecule has 0 spiro atoms. The van der Waals surface area contributed by atoms with Crippen molar-refractivity contribution in [2.75, 3.05) is 38.7 Å². The fourth-order valence-electron chi connectivity index (χ4n) is 2.51. The highest BCUT2D eigenvalue weighted by molar-refractivity contribution is 7.92. The maximum absolute atomic E-state index is 12.5. The predicted molar refractivity (Wildman–Crippen MR) is 99.0 cm³/mol. The summed E-state index contributed by atoms with van der Waals surface area (Å²) >= 11 is 0. The van der Waals surface area contributed by atoms with Gasteiger partial charge in [0.15, 0.2) is 9.84 Å². The summed E-state index contributed by atoms with van der Waals surface area (Å²) in [5.74, 6) is 0. The monoisotopic (exact) mass is 384 g/mol. The zero-order valence-corrected chi connectivity index (χ0v) is 15.7. The number of rotatable bonds is 7. The number of ether oxygens (including phenoxy) is 1. The van der Waals surface area contributed by atoms with E-state index in [1.807, 2.05) is 12.1 Å². The van der Waals surface area contributed by atoms with Crippen LogP contribution < -0.4 is 10.6 Å². The Balaban J connectivity index is 0.00000242. The van der Waals surface area contributed by atoms with Gasteiger partial charge in [-0.25, -0.2) is 8.42 Å². The van der Waals surface area contributed by atoms with Gasteiger partial charge in [-0.2, -0.15) is 0 Å². The van der Waals surface area contributed by atoms with Crippen molar-refractivity contribution in [2.24, 2.45) is 0 Å². The van der Waals surface area contributed by atoms with Gasteiger partial charge < -0.3 is 15.4 Å². The predicted octanol–water partition coefficient (Wildman–Crippen LogP) is 2.50. The number of hydrogen-bond donors (Lipinski definition) is 2. The van der Waals surface area contributed by atoms with Gasteiger partial charge in [-0.3, -0.25) is 0 Å². The summed E-state index contributed by atoms with van der Waals surface area (Å²) in [6, 6.07) is 7.08. The minimum Gasteiger partial charge on any atom is -0.385 e. The molecule has 1 saturated heterocycles. The molecule has 2 rings (SSSR count). The molecule has 0 unspecified atom stereocenters. The highest BCUT2D eigenvalue weighted by Crippen LogP contribution is 2.23. The summed E-state index contributed by atoms with van der Waals surface area (Å²) in [5.41, 5.74) is 0.940. The number of piperidine rings is 1. The first-order chi connectivity index (χ1) is 10.1. The molecule has 0 aliphatic carbocycles. The number of nitrogens with one attached hydrogen (secondary N) is 2. The topological polar surface area (TPSA) is 67.4 Å². The first-order valence-corrected chi connectivity index (χ1v) is 8.96. The van der Waals surface area contributed by atoms with E-state index in [0.29, 0.717) is 17.7 Å². The molecule has 0 saturated carbocycles. The minimum absolute atomic E-state index is 0. The van der Waals surface area contributed by atoms with Crippen LogP contribution in [0.15, 0.2) is 29.2 Å². The molecule has 134 valence electrons. The van der Waals surface area contributed by atoms with E-state index in [4.69, 9.17) is 4.74 Å². The Hall–Kier alpha value is -0.530. The van der Waals surface area contributed by atoms with Gasteiger partial charge in [0, 0.05) is 25.9 Å². The molecule has 1 aromatic rings. The van der Waals surface area contributed by atoms with E-state index >= 15 is 0 Å². The molecule has 1 aliphatic heterocycles. The average Bonchev–Trinajstić information content (AvgIpc) is 2.53. The zero-order valence-electron chi connectivity index (χ0n) is 13.3. The average molecular weight is 385 g/mol. The van der Waals surface area contributed by atoms with E-state index in [1.165, 1.54) is 0 Å². The van der Waals surface area contributed by atoms with Crippen LogP contribution in [0.2, 0.25) is 0 Å². The van der Waals surface area contributed by atoms with Crippen molar-refractivity contribution in [3.8, 4) is 0 Å². The fraction of sp³-hybridized carbons (Fsp3) is 0.600. The highest BCUT2D eigenvalue weighted by Gasteiger charge is 2.28. The number of hydrogen-bond acceptors (Lipinski definition) is 5. The van der Waals surface area contributed by atoms with Crippen LogP contribution in [0.3, 0.4) is 0 Å². The Morgan fingerprint density at radius 2 is 1.78 bits per heavy atom. The van der Waals surface area contributed by atoms with E-state index in [-0.39, 0.29) is 30.1 Å².